The first-order valence-corrected chi connectivity index (χ1v) is 5.80. The predicted molar refractivity (Wildman–Crippen MR) is 67.4 cm³/mol. The first-order valence-electron chi connectivity index (χ1n) is 5.80. The van der Waals surface area contributed by atoms with Gasteiger partial charge in [0.1, 0.15) is 5.82 Å². The number of nitrogens with one attached hydrogen (secondary N) is 1. The van der Waals surface area contributed by atoms with Gasteiger partial charge in [0.05, 0.1) is 0 Å². The highest BCUT2D eigenvalue weighted by Gasteiger charge is 2.08. The van der Waals surface area contributed by atoms with E-state index in [1.54, 1.807) is 13.1 Å². The standard InChI is InChI=1S/C13H15N3O2/c1-9-11(5-7-17)13(18)16-12(15-9)8-10-4-2-3-6-14-10/h2-4,6,17H,5,7-8H2,1H3,(H,15,16,18). The van der Waals surface area contributed by atoms with Crippen LogP contribution in [0.15, 0.2) is 29.2 Å². The van der Waals surface area contributed by atoms with Crippen LogP contribution in [-0.2, 0) is 12.8 Å². The summed E-state index contributed by atoms with van der Waals surface area (Å²) >= 11 is 0. The van der Waals surface area contributed by atoms with Crippen molar-refractivity contribution in [2.75, 3.05) is 6.61 Å². The molecule has 0 spiro atoms. The monoisotopic (exact) mass is 245 g/mol. The molecule has 0 aliphatic rings. The quantitative estimate of drug-likeness (QED) is 0.826. The molecule has 5 heteroatoms. The molecule has 0 bridgehead atoms. The number of pyridine rings is 1. The number of aryl methyl sites for hydroxylation is 1. The van der Waals surface area contributed by atoms with Crippen LogP contribution in [0.3, 0.4) is 0 Å². The summed E-state index contributed by atoms with van der Waals surface area (Å²) < 4.78 is 0. The van der Waals surface area contributed by atoms with Crippen molar-refractivity contribution >= 4 is 0 Å². The summed E-state index contributed by atoms with van der Waals surface area (Å²) in [5.74, 6) is 0.595. The molecule has 5 nitrogen and oxygen atoms in total. The summed E-state index contributed by atoms with van der Waals surface area (Å²) in [7, 11) is 0. The molecular weight excluding hydrogens is 230 g/mol. The molecule has 2 rings (SSSR count). The zero-order valence-electron chi connectivity index (χ0n) is 10.2. The summed E-state index contributed by atoms with van der Waals surface area (Å²) in [4.78, 5) is 23.1. The second kappa shape index (κ2) is 5.55. The van der Waals surface area contributed by atoms with Crippen LogP contribution in [0.4, 0.5) is 0 Å². The van der Waals surface area contributed by atoms with Crippen molar-refractivity contribution in [3.05, 3.63) is 57.5 Å². The molecule has 0 saturated carbocycles. The van der Waals surface area contributed by atoms with E-state index in [-0.39, 0.29) is 12.2 Å². The van der Waals surface area contributed by atoms with Gasteiger partial charge in [-0.05, 0) is 19.1 Å². The second-order valence-corrected chi connectivity index (χ2v) is 4.05. The fourth-order valence-corrected chi connectivity index (χ4v) is 1.83. The third-order valence-electron chi connectivity index (χ3n) is 2.71. The highest BCUT2D eigenvalue weighted by Crippen LogP contribution is 2.04. The molecule has 0 fully saturated rings. The van der Waals surface area contributed by atoms with Crippen molar-refractivity contribution in [3.63, 3.8) is 0 Å². The Labute approximate surface area is 105 Å². The van der Waals surface area contributed by atoms with E-state index in [1.165, 1.54) is 0 Å². The minimum atomic E-state index is -0.178. The SMILES string of the molecule is Cc1nc(Cc2ccccn2)[nH]c(=O)c1CCO. The third-order valence-corrected chi connectivity index (χ3v) is 2.71. The molecule has 94 valence electrons. The zero-order chi connectivity index (χ0) is 13.0. The fraction of sp³-hybridized carbons (Fsp3) is 0.308. The normalized spacial score (nSPS) is 10.6. The Morgan fingerprint density at radius 1 is 1.39 bits per heavy atom. The van der Waals surface area contributed by atoms with Crippen molar-refractivity contribution in [2.24, 2.45) is 0 Å². The number of aromatic nitrogens is 3. The Hall–Kier alpha value is -2.01. The largest absolute Gasteiger partial charge is 0.396 e. The van der Waals surface area contributed by atoms with E-state index < -0.39 is 0 Å². The molecule has 0 aromatic carbocycles. The summed E-state index contributed by atoms with van der Waals surface area (Å²) in [5.41, 5.74) is 1.89. The van der Waals surface area contributed by atoms with E-state index in [0.717, 1.165) is 5.69 Å². The van der Waals surface area contributed by atoms with Crippen LogP contribution in [0.25, 0.3) is 0 Å². The minimum absolute atomic E-state index is 0.0504. The molecule has 0 amide bonds. The average Bonchev–Trinajstić information content (AvgIpc) is 2.35. The van der Waals surface area contributed by atoms with Gasteiger partial charge in [-0.2, -0.15) is 0 Å². The van der Waals surface area contributed by atoms with Gasteiger partial charge in [-0.25, -0.2) is 4.98 Å². The zero-order valence-corrected chi connectivity index (χ0v) is 10.2. The van der Waals surface area contributed by atoms with Gasteiger partial charge in [0, 0.05) is 42.6 Å². The lowest BCUT2D eigenvalue weighted by atomic mass is 10.1. The first kappa shape index (κ1) is 12.4. The molecule has 2 N–H and O–H groups in total. The Bertz CT molecular complexity index is 579. The number of rotatable bonds is 4. The van der Waals surface area contributed by atoms with Crippen LogP contribution >= 0.6 is 0 Å². The van der Waals surface area contributed by atoms with Gasteiger partial charge in [-0.15, -0.1) is 0 Å². The van der Waals surface area contributed by atoms with E-state index in [0.29, 0.717) is 29.9 Å². The van der Waals surface area contributed by atoms with Crippen LogP contribution in [0.1, 0.15) is 22.8 Å². The van der Waals surface area contributed by atoms with Crippen molar-refractivity contribution in [2.45, 2.75) is 19.8 Å². The number of aliphatic hydroxyl groups is 1. The van der Waals surface area contributed by atoms with Gasteiger partial charge in [0.2, 0.25) is 0 Å². The molecule has 0 unspecified atom stereocenters. The summed E-state index contributed by atoms with van der Waals surface area (Å²) in [6.45, 7) is 1.73. The highest BCUT2D eigenvalue weighted by atomic mass is 16.3. The molecule has 0 aliphatic carbocycles. The lowest BCUT2D eigenvalue weighted by Gasteiger charge is -2.05. The number of aromatic amines is 1. The minimum Gasteiger partial charge on any atom is -0.396 e. The maximum Gasteiger partial charge on any atom is 0.254 e. The van der Waals surface area contributed by atoms with Gasteiger partial charge in [0.25, 0.3) is 5.56 Å². The summed E-state index contributed by atoms with van der Waals surface area (Å²) in [6.07, 6.45) is 2.54. The van der Waals surface area contributed by atoms with Gasteiger partial charge < -0.3 is 10.1 Å². The van der Waals surface area contributed by atoms with E-state index >= 15 is 0 Å². The molecular formula is C13H15N3O2. The van der Waals surface area contributed by atoms with Crippen LogP contribution in [-0.4, -0.2) is 26.7 Å². The van der Waals surface area contributed by atoms with Crippen molar-refractivity contribution < 1.29 is 5.11 Å². The van der Waals surface area contributed by atoms with Crippen LogP contribution in [0.2, 0.25) is 0 Å². The molecule has 2 aromatic heterocycles. The van der Waals surface area contributed by atoms with E-state index in [1.807, 2.05) is 18.2 Å². The van der Waals surface area contributed by atoms with Crippen molar-refractivity contribution in [3.8, 4) is 0 Å². The van der Waals surface area contributed by atoms with Crippen LogP contribution in [0.5, 0.6) is 0 Å². The summed E-state index contributed by atoms with van der Waals surface area (Å²) in [6, 6.07) is 5.62. The Morgan fingerprint density at radius 2 is 2.22 bits per heavy atom. The highest BCUT2D eigenvalue weighted by molar-refractivity contribution is 5.19. The maximum absolute atomic E-state index is 11.8. The Morgan fingerprint density at radius 3 is 2.83 bits per heavy atom. The lowest BCUT2D eigenvalue weighted by molar-refractivity contribution is 0.298. The van der Waals surface area contributed by atoms with Gasteiger partial charge >= 0.3 is 0 Å². The average molecular weight is 245 g/mol. The van der Waals surface area contributed by atoms with E-state index in [9.17, 15) is 4.79 Å². The first-order chi connectivity index (χ1) is 8.70. The van der Waals surface area contributed by atoms with Gasteiger partial charge in [-0.1, -0.05) is 6.07 Å². The number of H-pyrrole nitrogens is 1. The molecule has 0 aliphatic heterocycles. The molecule has 0 saturated heterocycles. The second-order valence-electron chi connectivity index (χ2n) is 4.05. The van der Waals surface area contributed by atoms with Gasteiger partial charge in [-0.3, -0.25) is 9.78 Å². The van der Waals surface area contributed by atoms with E-state index in [2.05, 4.69) is 15.0 Å². The maximum atomic E-state index is 11.8. The number of hydrogen-bond donors (Lipinski definition) is 2. The smallest absolute Gasteiger partial charge is 0.254 e. The van der Waals surface area contributed by atoms with Crippen molar-refractivity contribution in [1.82, 2.24) is 15.0 Å². The van der Waals surface area contributed by atoms with Crippen molar-refractivity contribution in [1.29, 1.82) is 0 Å². The Balaban J connectivity index is 2.28. The number of hydrogen-bond acceptors (Lipinski definition) is 4. The molecule has 0 radical (unpaired) electrons. The Kier molecular flexibility index (Phi) is 3.84. The fourth-order valence-electron chi connectivity index (χ4n) is 1.83. The third kappa shape index (κ3) is 2.81. The number of nitrogens with zero attached hydrogens (tertiary/aromatic N) is 2. The molecule has 2 aromatic rings. The lowest BCUT2D eigenvalue weighted by Crippen LogP contribution is -2.20. The predicted octanol–water partition coefficient (Wildman–Crippen LogP) is 0.599. The van der Waals surface area contributed by atoms with Crippen LogP contribution < -0.4 is 5.56 Å². The van der Waals surface area contributed by atoms with E-state index in [4.69, 9.17) is 5.11 Å². The molecule has 18 heavy (non-hydrogen) atoms. The number of aliphatic hydroxyl groups excluding tert-OH is 1. The molecule has 0 atom stereocenters. The van der Waals surface area contributed by atoms with Gasteiger partial charge in [0.15, 0.2) is 0 Å². The van der Waals surface area contributed by atoms with Crippen LogP contribution in [0, 0.1) is 6.92 Å². The topological polar surface area (TPSA) is 78.9 Å². The summed E-state index contributed by atoms with van der Waals surface area (Å²) in [5, 5.41) is 8.88. The molecule has 2 heterocycles.